The molecule has 4 N–H and O–H groups in total. The molecule has 2 amide bonds. The van der Waals surface area contributed by atoms with Gasteiger partial charge in [-0.1, -0.05) is 0 Å². The molecule has 23 heavy (non-hydrogen) atoms. The zero-order valence-corrected chi connectivity index (χ0v) is 13.7. The molecule has 0 bridgehead atoms. The number of rotatable bonds is 6. The Hall–Kier alpha value is -2.15. The van der Waals surface area contributed by atoms with Gasteiger partial charge < -0.3 is 16.4 Å². The van der Waals surface area contributed by atoms with Crippen molar-refractivity contribution in [3.05, 3.63) is 18.3 Å². The monoisotopic (exact) mass is 319 g/mol. The molecule has 0 aromatic carbocycles. The lowest BCUT2D eigenvalue weighted by atomic mass is 10.0. The summed E-state index contributed by atoms with van der Waals surface area (Å²) in [6.45, 7) is 5.40. The number of carbonyl (C=O) groups is 2. The highest BCUT2D eigenvalue weighted by Gasteiger charge is 2.23. The molecule has 1 aliphatic rings. The average Bonchev–Trinajstić information content (AvgIpc) is 2.49. The van der Waals surface area contributed by atoms with Gasteiger partial charge in [-0.25, -0.2) is 4.98 Å². The second-order valence-corrected chi connectivity index (χ2v) is 6.09. The Morgan fingerprint density at radius 2 is 2.09 bits per heavy atom. The highest BCUT2D eigenvalue weighted by atomic mass is 16.1. The lowest BCUT2D eigenvalue weighted by Gasteiger charge is -2.36. The van der Waals surface area contributed by atoms with E-state index in [9.17, 15) is 9.59 Å². The van der Waals surface area contributed by atoms with Crippen LogP contribution in [0.5, 0.6) is 0 Å². The molecule has 126 valence electrons. The van der Waals surface area contributed by atoms with Gasteiger partial charge in [0.1, 0.15) is 5.82 Å². The molecule has 2 rings (SSSR count). The van der Waals surface area contributed by atoms with Crippen LogP contribution in [0.2, 0.25) is 0 Å². The Morgan fingerprint density at radius 3 is 2.61 bits per heavy atom. The quantitative estimate of drug-likeness (QED) is 0.731. The summed E-state index contributed by atoms with van der Waals surface area (Å²) in [5.74, 6) is 0.178. The first kappa shape index (κ1) is 17.2. The summed E-state index contributed by atoms with van der Waals surface area (Å²) in [4.78, 5) is 28.5. The second kappa shape index (κ2) is 7.92. The molecule has 2 heterocycles. The highest BCUT2D eigenvalue weighted by Crippen LogP contribution is 2.19. The molecule has 1 aromatic heterocycles. The third-order valence-corrected chi connectivity index (χ3v) is 4.09. The van der Waals surface area contributed by atoms with Gasteiger partial charge in [0.05, 0.1) is 11.9 Å². The smallest absolute Gasteiger partial charge is 0.222 e. The summed E-state index contributed by atoms with van der Waals surface area (Å²) in [6.07, 6.45) is 4.16. The molecule has 0 saturated carbocycles. The third-order valence-electron chi connectivity index (χ3n) is 4.09. The molecule has 1 fully saturated rings. The Bertz CT molecular complexity index is 538. The number of carbonyl (C=O) groups excluding carboxylic acids is 2. The molecule has 0 unspecified atom stereocenters. The normalized spacial score (nSPS) is 17.5. The van der Waals surface area contributed by atoms with E-state index in [1.807, 2.05) is 13.0 Å². The Labute approximate surface area is 136 Å². The predicted octanol–water partition coefficient (Wildman–Crippen LogP) is 1.18. The lowest BCUT2D eigenvalue weighted by Crippen LogP contribution is -2.44. The van der Waals surface area contributed by atoms with Gasteiger partial charge in [-0.15, -0.1) is 0 Å². The van der Waals surface area contributed by atoms with Gasteiger partial charge in [0, 0.05) is 38.5 Å². The van der Waals surface area contributed by atoms with Crippen LogP contribution in [0.15, 0.2) is 18.3 Å². The zero-order chi connectivity index (χ0) is 16.8. The maximum absolute atomic E-state index is 11.0. The SMILES string of the molecule is CC(=O)Nc1ccc(NC2CCN([C@H](C)CC(N)=O)CC2)cn1. The van der Waals surface area contributed by atoms with E-state index >= 15 is 0 Å². The van der Waals surface area contributed by atoms with Gasteiger partial charge in [0.2, 0.25) is 11.8 Å². The fourth-order valence-corrected chi connectivity index (χ4v) is 2.87. The molecule has 1 aliphatic heterocycles. The summed E-state index contributed by atoms with van der Waals surface area (Å²) >= 11 is 0. The minimum atomic E-state index is -0.247. The van der Waals surface area contributed by atoms with Crippen molar-refractivity contribution < 1.29 is 9.59 Å². The predicted molar refractivity (Wildman–Crippen MR) is 90.0 cm³/mol. The Morgan fingerprint density at radius 1 is 1.39 bits per heavy atom. The van der Waals surface area contributed by atoms with E-state index in [0.717, 1.165) is 31.6 Å². The van der Waals surface area contributed by atoms with E-state index in [1.54, 1.807) is 12.3 Å². The molecular weight excluding hydrogens is 294 g/mol. The number of piperidine rings is 1. The van der Waals surface area contributed by atoms with Crippen LogP contribution >= 0.6 is 0 Å². The molecule has 1 saturated heterocycles. The first-order chi connectivity index (χ1) is 10.9. The number of nitrogens with zero attached hydrogens (tertiary/aromatic N) is 2. The fourth-order valence-electron chi connectivity index (χ4n) is 2.87. The Balaban J connectivity index is 1.80. The summed E-state index contributed by atoms with van der Waals surface area (Å²) in [5.41, 5.74) is 6.21. The van der Waals surface area contributed by atoms with Gasteiger partial charge in [-0.05, 0) is 31.9 Å². The zero-order valence-electron chi connectivity index (χ0n) is 13.7. The van der Waals surface area contributed by atoms with Crippen LogP contribution < -0.4 is 16.4 Å². The number of hydrogen-bond donors (Lipinski definition) is 3. The topological polar surface area (TPSA) is 100 Å². The molecule has 0 spiro atoms. The van der Waals surface area contributed by atoms with Crippen LogP contribution in [0, 0.1) is 0 Å². The minimum Gasteiger partial charge on any atom is -0.381 e. The van der Waals surface area contributed by atoms with Crippen molar-refractivity contribution in [2.24, 2.45) is 5.73 Å². The van der Waals surface area contributed by atoms with Gasteiger partial charge in [-0.2, -0.15) is 0 Å². The minimum absolute atomic E-state index is 0.129. The summed E-state index contributed by atoms with van der Waals surface area (Å²) in [6, 6.07) is 4.29. The van der Waals surface area contributed by atoms with Crippen LogP contribution in [-0.2, 0) is 9.59 Å². The molecule has 7 heteroatoms. The standard InChI is InChI=1S/C16H25N5O2/c1-11(9-15(17)23)21-7-5-13(6-8-21)20-14-3-4-16(18-10-14)19-12(2)22/h3-4,10-11,13,20H,5-9H2,1-2H3,(H2,17,23)(H,18,19,22)/t11-/m1/s1. The second-order valence-electron chi connectivity index (χ2n) is 6.09. The molecule has 1 atom stereocenters. The van der Waals surface area contributed by atoms with Crippen molar-refractivity contribution in [2.45, 2.75) is 45.2 Å². The third kappa shape index (κ3) is 5.52. The molecular formula is C16H25N5O2. The van der Waals surface area contributed by atoms with E-state index in [1.165, 1.54) is 6.92 Å². The maximum Gasteiger partial charge on any atom is 0.222 e. The number of primary amides is 1. The van der Waals surface area contributed by atoms with E-state index in [2.05, 4.69) is 20.5 Å². The first-order valence-electron chi connectivity index (χ1n) is 7.96. The van der Waals surface area contributed by atoms with Crippen molar-refractivity contribution in [1.29, 1.82) is 0 Å². The van der Waals surface area contributed by atoms with E-state index in [-0.39, 0.29) is 17.9 Å². The van der Waals surface area contributed by atoms with E-state index < -0.39 is 0 Å². The van der Waals surface area contributed by atoms with Gasteiger partial charge >= 0.3 is 0 Å². The van der Waals surface area contributed by atoms with E-state index in [0.29, 0.717) is 18.3 Å². The number of anilines is 2. The number of nitrogens with one attached hydrogen (secondary N) is 2. The maximum atomic E-state index is 11.0. The molecule has 0 aliphatic carbocycles. The van der Waals surface area contributed by atoms with Crippen molar-refractivity contribution in [3.63, 3.8) is 0 Å². The first-order valence-corrected chi connectivity index (χ1v) is 7.96. The average molecular weight is 319 g/mol. The van der Waals surface area contributed by atoms with Crippen LogP contribution in [0.25, 0.3) is 0 Å². The lowest BCUT2D eigenvalue weighted by molar-refractivity contribution is -0.119. The van der Waals surface area contributed by atoms with Gasteiger partial charge in [-0.3, -0.25) is 14.5 Å². The number of amides is 2. The highest BCUT2D eigenvalue weighted by molar-refractivity contribution is 5.87. The largest absolute Gasteiger partial charge is 0.381 e. The number of pyridine rings is 1. The number of aromatic nitrogens is 1. The fraction of sp³-hybridized carbons (Fsp3) is 0.562. The van der Waals surface area contributed by atoms with Gasteiger partial charge in [0.25, 0.3) is 0 Å². The molecule has 1 aromatic rings. The van der Waals surface area contributed by atoms with Crippen molar-refractivity contribution >= 4 is 23.3 Å². The van der Waals surface area contributed by atoms with Crippen molar-refractivity contribution in [1.82, 2.24) is 9.88 Å². The van der Waals surface area contributed by atoms with Crippen LogP contribution in [-0.4, -0.2) is 46.9 Å². The summed E-state index contributed by atoms with van der Waals surface area (Å²) in [5, 5.41) is 6.12. The summed E-state index contributed by atoms with van der Waals surface area (Å²) < 4.78 is 0. The molecule has 0 radical (unpaired) electrons. The van der Waals surface area contributed by atoms with Crippen LogP contribution in [0.3, 0.4) is 0 Å². The van der Waals surface area contributed by atoms with E-state index in [4.69, 9.17) is 5.73 Å². The van der Waals surface area contributed by atoms with Gasteiger partial charge in [0.15, 0.2) is 0 Å². The number of likely N-dealkylation sites (tertiary alicyclic amines) is 1. The van der Waals surface area contributed by atoms with Crippen molar-refractivity contribution in [3.8, 4) is 0 Å². The molecule has 7 nitrogen and oxygen atoms in total. The van der Waals surface area contributed by atoms with Crippen LogP contribution in [0.4, 0.5) is 11.5 Å². The van der Waals surface area contributed by atoms with Crippen LogP contribution in [0.1, 0.15) is 33.1 Å². The van der Waals surface area contributed by atoms with Crippen molar-refractivity contribution in [2.75, 3.05) is 23.7 Å². The summed E-state index contributed by atoms with van der Waals surface area (Å²) in [7, 11) is 0. The Kier molecular flexibility index (Phi) is 5.92. The number of hydrogen-bond acceptors (Lipinski definition) is 5. The number of nitrogens with two attached hydrogens (primary N) is 1.